The third-order valence-electron chi connectivity index (χ3n) is 4.14. The van der Waals surface area contributed by atoms with E-state index < -0.39 is 0 Å². The highest BCUT2D eigenvalue weighted by Crippen LogP contribution is 2.10. The Morgan fingerprint density at radius 1 is 0.840 bits per heavy atom. The zero-order valence-electron chi connectivity index (χ0n) is 14.8. The normalized spacial score (nSPS) is 13.5. The minimum absolute atomic E-state index is 0.0431. The van der Waals surface area contributed by atoms with E-state index in [0.717, 1.165) is 56.3 Å². The molecule has 0 fully saturated rings. The average molecular weight is 351 g/mol. The number of imide groups is 1. The summed E-state index contributed by atoms with van der Waals surface area (Å²) < 4.78 is 0. The van der Waals surface area contributed by atoms with Crippen molar-refractivity contribution in [3.05, 3.63) is 12.2 Å². The van der Waals surface area contributed by atoms with E-state index in [4.69, 9.17) is 5.73 Å². The summed E-state index contributed by atoms with van der Waals surface area (Å²) in [5, 5.41) is 2.73. The third-order valence-corrected chi connectivity index (χ3v) is 4.14. The summed E-state index contributed by atoms with van der Waals surface area (Å²) >= 11 is 0. The molecule has 0 aromatic heterocycles. The van der Waals surface area contributed by atoms with Crippen molar-refractivity contribution in [3.8, 4) is 0 Å². The van der Waals surface area contributed by atoms with Crippen molar-refractivity contribution in [2.24, 2.45) is 5.73 Å². The van der Waals surface area contributed by atoms with Gasteiger partial charge in [-0.25, -0.2) is 0 Å². The van der Waals surface area contributed by atoms with Crippen LogP contribution >= 0.6 is 0 Å². The van der Waals surface area contributed by atoms with Crippen LogP contribution in [-0.4, -0.2) is 41.6 Å². The van der Waals surface area contributed by atoms with Gasteiger partial charge in [0.15, 0.2) is 0 Å². The second-order valence-corrected chi connectivity index (χ2v) is 6.31. The van der Waals surface area contributed by atoms with E-state index in [0.29, 0.717) is 19.4 Å². The van der Waals surface area contributed by atoms with Crippen LogP contribution in [0.2, 0.25) is 0 Å². The first-order chi connectivity index (χ1) is 12.0. The monoisotopic (exact) mass is 351 g/mol. The lowest BCUT2D eigenvalue weighted by atomic mass is 10.1. The molecule has 7 nitrogen and oxygen atoms in total. The summed E-state index contributed by atoms with van der Waals surface area (Å²) in [5.74, 6) is -0.921. The van der Waals surface area contributed by atoms with Gasteiger partial charge in [-0.15, -0.1) is 0 Å². The Morgan fingerprint density at radius 2 is 1.32 bits per heavy atom. The van der Waals surface area contributed by atoms with Gasteiger partial charge in [-0.05, 0) is 12.8 Å². The van der Waals surface area contributed by atoms with Gasteiger partial charge in [0, 0.05) is 38.1 Å². The largest absolute Gasteiger partial charge is 0.370 e. The maximum absolute atomic E-state index is 11.7. The molecule has 7 heteroatoms. The standard InChI is InChI=1S/C18H29N3O4/c19-15(22)9-7-5-3-1-2-4-6-8-10-16(23)20-13-14-21-17(24)11-12-18(21)25/h11-12H,1-10,13-14H2,(H2,19,22)(H,20,23). The number of hydrogen-bond acceptors (Lipinski definition) is 4. The van der Waals surface area contributed by atoms with Crippen molar-refractivity contribution in [1.29, 1.82) is 0 Å². The van der Waals surface area contributed by atoms with Crippen LogP contribution in [0.15, 0.2) is 12.2 Å². The fraction of sp³-hybridized carbons (Fsp3) is 0.667. The molecule has 1 aliphatic rings. The van der Waals surface area contributed by atoms with Crippen LogP contribution in [0.25, 0.3) is 0 Å². The quantitative estimate of drug-likeness (QED) is 0.364. The molecule has 25 heavy (non-hydrogen) atoms. The first-order valence-corrected chi connectivity index (χ1v) is 9.09. The van der Waals surface area contributed by atoms with Gasteiger partial charge in [-0.1, -0.05) is 38.5 Å². The number of unbranched alkanes of at least 4 members (excludes halogenated alkanes) is 7. The van der Waals surface area contributed by atoms with Crippen LogP contribution in [0.4, 0.5) is 0 Å². The van der Waals surface area contributed by atoms with E-state index in [1.54, 1.807) is 0 Å². The van der Waals surface area contributed by atoms with E-state index in [9.17, 15) is 19.2 Å². The van der Waals surface area contributed by atoms with Gasteiger partial charge in [0.05, 0.1) is 0 Å². The van der Waals surface area contributed by atoms with E-state index in [1.807, 2.05) is 0 Å². The third kappa shape index (κ3) is 9.64. The van der Waals surface area contributed by atoms with Crippen molar-refractivity contribution in [1.82, 2.24) is 10.2 Å². The minimum Gasteiger partial charge on any atom is -0.370 e. The molecule has 0 saturated heterocycles. The highest BCUT2D eigenvalue weighted by atomic mass is 16.2. The summed E-state index contributed by atoms with van der Waals surface area (Å²) in [6, 6.07) is 0. The Kier molecular flexibility index (Phi) is 10.2. The number of carbonyl (C=O) groups is 4. The highest BCUT2D eigenvalue weighted by Gasteiger charge is 2.22. The Bertz CT molecular complexity index is 485. The molecule has 140 valence electrons. The van der Waals surface area contributed by atoms with Gasteiger partial charge in [-0.3, -0.25) is 24.1 Å². The Morgan fingerprint density at radius 3 is 1.84 bits per heavy atom. The van der Waals surface area contributed by atoms with Gasteiger partial charge in [0.1, 0.15) is 0 Å². The van der Waals surface area contributed by atoms with Crippen LogP contribution in [0, 0.1) is 0 Å². The first kappa shape index (κ1) is 20.9. The molecule has 4 amide bonds. The van der Waals surface area contributed by atoms with Crippen molar-refractivity contribution < 1.29 is 19.2 Å². The van der Waals surface area contributed by atoms with E-state index in [2.05, 4.69) is 5.32 Å². The zero-order chi connectivity index (χ0) is 18.5. The topological polar surface area (TPSA) is 110 Å². The van der Waals surface area contributed by atoms with E-state index in [-0.39, 0.29) is 30.2 Å². The Labute approximate surface area is 149 Å². The molecule has 0 radical (unpaired) electrons. The molecule has 0 unspecified atom stereocenters. The van der Waals surface area contributed by atoms with Crippen LogP contribution in [0.3, 0.4) is 0 Å². The summed E-state index contributed by atoms with van der Waals surface area (Å²) in [4.78, 5) is 46.0. The van der Waals surface area contributed by atoms with E-state index in [1.165, 1.54) is 12.2 Å². The number of hydrogen-bond donors (Lipinski definition) is 2. The van der Waals surface area contributed by atoms with Crippen LogP contribution < -0.4 is 11.1 Å². The predicted octanol–water partition coefficient (Wildman–Crippen LogP) is 1.41. The smallest absolute Gasteiger partial charge is 0.253 e. The molecule has 3 N–H and O–H groups in total. The molecule has 0 atom stereocenters. The zero-order valence-corrected chi connectivity index (χ0v) is 14.8. The minimum atomic E-state index is -0.325. The van der Waals surface area contributed by atoms with Crippen molar-refractivity contribution in [2.75, 3.05) is 13.1 Å². The first-order valence-electron chi connectivity index (χ1n) is 9.09. The molecule has 1 rings (SSSR count). The number of rotatable bonds is 14. The lowest BCUT2D eigenvalue weighted by Crippen LogP contribution is -2.38. The molecular weight excluding hydrogens is 322 g/mol. The van der Waals surface area contributed by atoms with Gasteiger partial charge < -0.3 is 11.1 Å². The van der Waals surface area contributed by atoms with Crippen LogP contribution in [-0.2, 0) is 19.2 Å². The summed E-state index contributed by atoms with van der Waals surface area (Å²) in [7, 11) is 0. The summed E-state index contributed by atoms with van der Waals surface area (Å²) in [6.45, 7) is 0.509. The Hall–Kier alpha value is -2.18. The second-order valence-electron chi connectivity index (χ2n) is 6.31. The molecule has 0 aromatic carbocycles. The number of primary amides is 1. The molecule has 0 saturated carbocycles. The number of amides is 4. The summed E-state index contributed by atoms with van der Waals surface area (Å²) in [5.41, 5.74) is 5.08. The highest BCUT2D eigenvalue weighted by molar-refractivity contribution is 6.12. The maximum Gasteiger partial charge on any atom is 0.253 e. The predicted molar refractivity (Wildman–Crippen MR) is 94.2 cm³/mol. The maximum atomic E-state index is 11.7. The van der Waals surface area contributed by atoms with Crippen molar-refractivity contribution in [2.45, 2.75) is 64.2 Å². The lowest BCUT2D eigenvalue weighted by molar-refractivity contribution is -0.137. The van der Waals surface area contributed by atoms with Gasteiger partial charge in [0.25, 0.3) is 11.8 Å². The van der Waals surface area contributed by atoms with E-state index >= 15 is 0 Å². The van der Waals surface area contributed by atoms with Crippen LogP contribution in [0.5, 0.6) is 0 Å². The summed E-state index contributed by atoms with van der Waals surface area (Å²) in [6.07, 6.45) is 11.7. The van der Waals surface area contributed by atoms with Gasteiger partial charge in [-0.2, -0.15) is 0 Å². The Balaban J connectivity index is 1.88. The fourth-order valence-corrected chi connectivity index (χ4v) is 2.69. The molecule has 0 spiro atoms. The lowest BCUT2D eigenvalue weighted by Gasteiger charge is -2.13. The number of nitrogens with one attached hydrogen (secondary N) is 1. The van der Waals surface area contributed by atoms with Crippen LogP contribution in [0.1, 0.15) is 64.2 Å². The molecule has 0 bridgehead atoms. The fourth-order valence-electron chi connectivity index (χ4n) is 2.69. The second kappa shape index (κ2) is 12.2. The molecule has 1 aliphatic heterocycles. The molecule has 0 aromatic rings. The van der Waals surface area contributed by atoms with Crippen molar-refractivity contribution in [3.63, 3.8) is 0 Å². The SMILES string of the molecule is NC(=O)CCCCCCCCCCC(=O)NCCN1C(=O)C=CC1=O. The van der Waals surface area contributed by atoms with Crippen molar-refractivity contribution >= 4 is 23.6 Å². The average Bonchev–Trinajstić information content (AvgIpc) is 2.88. The molecule has 1 heterocycles. The molecule has 0 aliphatic carbocycles. The van der Waals surface area contributed by atoms with Gasteiger partial charge in [0.2, 0.25) is 11.8 Å². The number of carbonyl (C=O) groups excluding carboxylic acids is 4. The number of nitrogens with zero attached hydrogens (tertiary/aromatic N) is 1. The number of nitrogens with two attached hydrogens (primary N) is 1. The van der Waals surface area contributed by atoms with Gasteiger partial charge >= 0.3 is 0 Å². The molecular formula is C18H29N3O4.